The molecule has 0 saturated heterocycles. The number of ether oxygens (including phenoxy) is 1. The summed E-state index contributed by atoms with van der Waals surface area (Å²) in [5.41, 5.74) is 1.39. The lowest BCUT2D eigenvalue weighted by Crippen LogP contribution is -2.04. The van der Waals surface area contributed by atoms with Crippen LogP contribution < -0.4 is 4.74 Å². The first-order valence-electron chi connectivity index (χ1n) is 7.61. The maximum atomic E-state index is 13.9. The zero-order chi connectivity index (χ0) is 18.3. The minimum Gasteiger partial charge on any atom is -0.497 e. The molecule has 0 atom stereocenters. The highest BCUT2D eigenvalue weighted by Crippen LogP contribution is 2.22. The lowest BCUT2D eigenvalue weighted by molar-refractivity contribution is 0.414. The van der Waals surface area contributed by atoms with E-state index in [1.807, 2.05) is 24.3 Å². The Hall–Kier alpha value is -2.81. The summed E-state index contributed by atoms with van der Waals surface area (Å²) in [6.45, 7) is 0.433. The number of benzene rings is 1. The van der Waals surface area contributed by atoms with Crippen LogP contribution in [0.25, 0.3) is 17.2 Å². The lowest BCUT2D eigenvalue weighted by Gasteiger charge is -2.05. The summed E-state index contributed by atoms with van der Waals surface area (Å²) in [5, 5.41) is 4.31. The van der Waals surface area contributed by atoms with Crippen LogP contribution in [0.15, 0.2) is 47.5 Å². The maximum absolute atomic E-state index is 13.9. The lowest BCUT2D eigenvalue weighted by atomic mass is 10.2. The SMILES string of the molecule is COc1ccc(Cn2nc(Br)nc2-c2cn3cc(F)cc(F)c3n2)cc1. The monoisotopic (exact) mass is 419 g/mol. The molecule has 0 aliphatic carbocycles. The summed E-state index contributed by atoms with van der Waals surface area (Å²) < 4.78 is 35.8. The number of hydrogen-bond acceptors (Lipinski definition) is 4. The Bertz CT molecular complexity index is 1090. The fourth-order valence-corrected chi connectivity index (χ4v) is 3.01. The van der Waals surface area contributed by atoms with Crippen molar-refractivity contribution in [2.24, 2.45) is 0 Å². The van der Waals surface area contributed by atoms with Crippen molar-refractivity contribution in [3.8, 4) is 17.3 Å². The highest BCUT2D eigenvalue weighted by molar-refractivity contribution is 9.10. The summed E-state index contributed by atoms with van der Waals surface area (Å²) in [4.78, 5) is 8.53. The summed E-state index contributed by atoms with van der Waals surface area (Å²) in [6, 6.07) is 8.33. The molecule has 0 aliphatic rings. The smallest absolute Gasteiger partial charge is 0.217 e. The van der Waals surface area contributed by atoms with Crippen molar-refractivity contribution in [2.75, 3.05) is 7.11 Å². The second kappa shape index (κ2) is 6.49. The number of aromatic nitrogens is 5. The highest BCUT2D eigenvalue weighted by Gasteiger charge is 2.16. The predicted octanol–water partition coefficient (Wildman–Crippen LogP) is 3.69. The zero-order valence-electron chi connectivity index (χ0n) is 13.5. The average molecular weight is 420 g/mol. The van der Waals surface area contributed by atoms with E-state index >= 15 is 0 Å². The van der Waals surface area contributed by atoms with Crippen molar-refractivity contribution in [1.29, 1.82) is 0 Å². The van der Waals surface area contributed by atoms with Crippen molar-refractivity contribution in [2.45, 2.75) is 6.54 Å². The summed E-state index contributed by atoms with van der Waals surface area (Å²) in [5.74, 6) is -0.223. The minimum absolute atomic E-state index is 0.0246. The summed E-state index contributed by atoms with van der Waals surface area (Å²) >= 11 is 3.25. The molecule has 0 amide bonds. The third-order valence-corrected chi connectivity index (χ3v) is 4.18. The minimum atomic E-state index is -0.739. The van der Waals surface area contributed by atoms with Crippen LogP contribution in [0.3, 0.4) is 0 Å². The Morgan fingerprint density at radius 1 is 1.12 bits per heavy atom. The second-order valence-electron chi connectivity index (χ2n) is 5.57. The number of pyridine rings is 1. The Morgan fingerprint density at radius 2 is 1.88 bits per heavy atom. The number of rotatable bonds is 4. The largest absolute Gasteiger partial charge is 0.497 e. The Kier molecular flexibility index (Phi) is 4.15. The van der Waals surface area contributed by atoms with Gasteiger partial charge in [-0.2, -0.15) is 4.98 Å². The van der Waals surface area contributed by atoms with Crippen LogP contribution in [0.1, 0.15) is 5.56 Å². The van der Waals surface area contributed by atoms with Crippen molar-refractivity contribution < 1.29 is 13.5 Å². The Morgan fingerprint density at radius 3 is 2.62 bits per heavy atom. The van der Waals surface area contributed by atoms with Crippen molar-refractivity contribution in [3.05, 3.63) is 64.7 Å². The van der Waals surface area contributed by atoms with E-state index in [1.54, 1.807) is 11.8 Å². The third-order valence-electron chi connectivity index (χ3n) is 3.84. The van der Waals surface area contributed by atoms with Gasteiger partial charge in [0.15, 0.2) is 17.3 Å². The van der Waals surface area contributed by atoms with Gasteiger partial charge >= 0.3 is 0 Å². The van der Waals surface area contributed by atoms with E-state index in [-0.39, 0.29) is 5.65 Å². The molecule has 0 aliphatic heterocycles. The first-order valence-corrected chi connectivity index (χ1v) is 8.40. The number of halogens is 3. The predicted molar refractivity (Wildman–Crippen MR) is 93.9 cm³/mol. The fourth-order valence-electron chi connectivity index (χ4n) is 2.65. The molecule has 0 bridgehead atoms. The van der Waals surface area contributed by atoms with Gasteiger partial charge in [0.2, 0.25) is 4.73 Å². The van der Waals surface area contributed by atoms with Crippen molar-refractivity contribution in [3.63, 3.8) is 0 Å². The highest BCUT2D eigenvalue weighted by atomic mass is 79.9. The van der Waals surface area contributed by atoms with E-state index in [0.717, 1.165) is 23.6 Å². The van der Waals surface area contributed by atoms with Crippen LogP contribution in [-0.4, -0.2) is 31.3 Å². The van der Waals surface area contributed by atoms with E-state index in [0.29, 0.717) is 22.8 Å². The molecular weight excluding hydrogens is 408 g/mol. The number of nitrogens with zero attached hydrogens (tertiary/aromatic N) is 5. The number of imidazole rings is 1. The van der Waals surface area contributed by atoms with Crippen molar-refractivity contribution in [1.82, 2.24) is 24.1 Å². The first kappa shape index (κ1) is 16.6. The van der Waals surface area contributed by atoms with E-state index in [9.17, 15) is 8.78 Å². The second-order valence-corrected chi connectivity index (χ2v) is 6.28. The standard InChI is InChI=1S/C17H12BrF2N5O/c1-26-12-4-2-10(3-5-12)7-25-16(22-17(18)23-25)14-9-24-8-11(19)6-13(20)15(24)21-14/h2-6,8-9H,7H2,1H3. The first-order chi connectivity index (χ1) is 12.5. The van der Waals surface area contributed by atoms with Gasteiger partial charge in [0.25, 0.3) is 0 Å². The van der Waals surface area contributed by atoms with E-state index in [1.165, 1.54) is 10.6 Å². The van der Waals surface area contributed by atoms with Crippen LogP contribution in [0, 0.1) is 11.6 Å². The molecule has 9 heteroatoms. The van der Waals surface area contributed by atoms with Crippen molar-refractivity contribution >= 4 is 21.6 Å². The quantitative estimate of drug-likeness (QED) is 0.506. The molecule has 26 heavy (non-hydrogen) atoms. The van der Waals surface area contributed by atoms with E-state index in [2.05, 4.69) is 31.0 Å². The molecular formula is C17H12BrF2N5O. The van der Waals surface area contributed by atoms with Gasteiger partial charge in [-0.05, 0) is 33.6 Å². The molecule has 0 unspecified atom stereocenters. The van der Waals surface area contributed by atoms with Crippen LogP contribution >= 0.6 is 15.9 Å². The molecule has 4 aromatic rings. The molecule has 1 aromatic carbocycles. The molecule has 6 nitrogen and oxygen atoms in total. The third kappa shape index (κ3) is 3.05. The van der Waals surface area contributed by atoms with Gasteiger partial charge in [0.05, 0.1) is 13.7 Å². The molecule has 3 aromatic heterocycles. The Balaban J connectivity index is 1.74. The van der Waals surface area contributed by atoms with Gasteiger partial charge in [-0.3, -0.25) is 0 Å². The summed E-state index contributed by atoms with van der Waals surface area (Å²) in [7, 11) is 1.60. The zero-order valence-corrected chi connectivity index (χ0v) is 15.1. The van der Waals surface area contributed by atoms with Crippen LogP contribution in [0.2, 0.25) is 0 Å². The number of fused-ring (bicyclic) bond motifs is 1. The summed E-state index contributed by atoms with van der Waals surface area (Å²) in [6.07, 6.45) is 2.68. The van der Waals surface area contributed by atoms with Gasteiger partial charge < -0.3 is 9.14 Å². The fraction of sp³-hybridized carbons (Fsp3) is 0.118. The van der Waals surface area contributed by atoms with Crippen LogP contribution in [0.4, 0.5) is 8.78 Å². The molecule has 0 radical (unpaired) electrons. The van der Waals surface area contributed by atoms with E-state index < -0.39 is 11.6 Å². The topological polar surface area (TPSA) is 57.2 Å². The Labute approximate surface area is 155 Å². The molecule has 3 heterocycles. The van der Waals surface area contributed by atoms with Gasteiger partial charge in [0, 0.05) is 18.5 Å². The normalized spacial score (nSPS) is 11.2. The van der Waals surface area contributed by atoms with E-state index in [4.69, 9.17) is 4.74 Å². The molecule has 4 rings (SSSR count). The molecule has 0 fully saturated rings. The van der Waals surface area contributed by atoms with Gasteiger partial charge in [-0.1, -0.05) is 12.1 Å². The molecule has 0 spiro atoms. The molecule has 0 saturated carbocycles. The molecule has 132 valence electrons. The number of hydrogen-bond donors (Lipinski definition) is 0. The van der Waals surface area contributed by atoms with Crippen LogP contribution in [-0.2, 0) is 6.54 Å². The van der Waals surface area contributed by atoms with Crippen LogP contribution in [0.5, 0.6) is 5.75 Å². The van der Waals surface area contributed by atoms with Gasteiger partial charge in [-0.25, -0.2) is 18.4 Å². The van der Waals surface area contributed by atoms with Gasteiger partial charge in [-0.15, -0.1) is 5.10 Å². The number of methoxy groups -OCH3 is 1. The average Bonchev–Trinajstić information content (AvgIpc) is 3.19. The maximum Gasteiger partial charge on any atom is 0.217 e. The van der Waals surface area contributed by atoms with Gasteiger partial charge in [0.1, 0.15) is 17.3 Å². The molecule has 0 N–H and O–H groups in total.